The maximum atomic E-state index is 5.74. The van der Waals surface area contributed by atoms with E-state index in [1.807, 2.05) is 31.0 Å². The van der Waals surface area contributed by atoms with Crippen LogP contribution in [0.1, 0.15) is 36.1 Å². The molecule has 4 nitrogen and oxygen atoms in total. The highest BCUT2D eigenvalue weighted by Crippen LogP contribution is 2.38. The van der Waals surface area contributed by atoms with Crippen molar-refractivity contribution >= 4 is 0 Å². The summed E-state index contributed by atoms with van der Waals surface area (Å²) in [5.41, 5.74) is 2.44. The lowest BCUT2D eigenvalue weighted by atomic mass is 9.87. The van der Waals surface area contributed by atoms with Gasteiger partial charge >= 0.3 is 0 Å². The van der Waals surface area contributed by atoms with Crippen LogP contribution in [0, 0.1) is 0 Å². The number of fused-ring (bicyclic) bond motifs is 1. The maximum absolute atomic E-state index is 5.74. The summed E-state index contributed by atoms with van der Waals surface area (Å²) in [6.45, 7) is 0.806. The zero-order chi connectivity index (χ0) is 13.9. The fourth-order valence-corrected chi connectivity index (χ4v) is 2.95. The van der Waals surface area contributed by atoms with Gasteiger partial charge in [0, 0.05) is 13.2 Å². The Morgan fingerprint density at radius 1 is 1.40 bits per heavy atom. The van der Waals surface area contributed by atoms with Gasteiger partial charge in [0.15, 0.2) is 0 Å². The smallest absolute Gasteiger partial charge is 0.122 e. The lowest BCUT2D eigenvalue weighted by Gasteiger charge is -2.28. The molecule has 1 aliphatic heterocycles. The van der Waals surface area contributed by atoms with Gasteiger partial charge in [-0.2, -0.15) is 5.10 Å². The van der Waals surface area contributed by atoms with Gasteiger partial charge in [0.25, 0.3) is 0 Å². The van der Waals surface area contributed by atoms with Gasteiger partial charge in [-0.25, -0.2) is 0 Å². The van der Waals surface area contributed by atoms with Crippen LogP contribution in [0.4, 0.5) is 0 Å². The molecule has 1 aliphatic rings. The summed E-state index contributed by atoms with van der Waals surface area (Å²) in [6, 6.07) is 10.8. The average molecular weight is 271 g/mol. The lowest BCUT2D eigenvalue weighted by molar-refractivity contribution is 0.255. The Labute approximate surface area is 119 Å². The number of nitrogens with zero attached hydrogens (tertiary/aromatic N) is 2. The number of aromatic nitrogens is 2. The van der Waals surface area contributed by atoms with Crippen molar-refractivity contribution in [1.82, 2.24) is 15.1 Å². The Kier molecular flexibility index (Phi) is 3.74. The summed E-state index contributed by atoms with van der Waals surface area (Å²) >= 11 is 0. The molecule has 1 aromatic heterocycles. The van der Waals surface area contributed by atoms with Crippen LogP contribution in [0.15, 0.2) is 36.5 Å². The summed E-state index contributed by atoms with van der Waals surface area (Å²) in [6.07, 6.45) is 4.12. The number of hydrogen-bond donors (Lipinski definition) is 1. The van der Waals surface area contributed by atoms with Crippen LogP contribution in [-0.2, 0) is 7.05 Å². The zero-order valence-electron chi connectivity index (χ0n) is 12.0. The minimum Gasteiger partial charge on any atom is -0.493 e. The number of rotatable bonds is 4. The van der Waals surface area contributed by atoms with E-state index in [1.165, 1.54) is 5.56 Å². The predicted octanol–water partition coefficient (Wildman–Crippen LogP) is 2.64. The first-order valence-electron chi connectivity index (χ1n) is 7.16. The second kappa shape index (κ2) is 5.67. The molecule has 0 radical (unpaired) electrons. The number of aryl methyl sites for hydroxylation is 1. The molecule has 2 atom stereocenters. The van der Waals surface area contributed by atoms with Crippen molar-refractivity contribution in [3.63, 3.8) is 0 Å². The van der Waals surface area contributed by atoms with Gasteiger partial charge in [0.2, 0.25) is 0 Å². The third-order valence-electron chi connectivity index (χ3n) is 4.04. The Morgan fingerprint density at radius 2 is 2.25 bits per heavy atom. The van der Waals surface area contributed by atoms with Crippen LogP contribution in [0.3, 0.4) is 0 Å². The monoisotopic (exact) mass is 271 g/mol. The normalized spacial score (nSPS) is 19.2. The molecule has 4 heteroatoms. The highest BCUT2D eigenvalue weighted by molar-refractivity contribution is 5.38. The van der Waals surface area contributed by atoms with Crippen molar-refractivity contribution in [2.45, 2.75) is 24.8 Å². The second-order valence-corrected chi connectivity index (χ2v) is 5.36. The Balaban J connectivity index is 1.80. The highest BCUT2D eigenvalue weighted by Gasteiger charge is 2.25. The highest BCUT2D eigenvalue weighted by atomic mass is 16.5. The van der Waals surface area contributed by atoms with E-state index in [0.717, 1.165) is 30.9 Å². The Hall–Kier alpha value is -1.81. The van der Waals surface area contributed by atoms with Gasteiger partial charge in [-0.1, -0.05) is 18.2 Å². The molecule has 0 aliphatic carbocycles. The number of ether oxygens (including phenoxy) is 1. The van der Waals surface area contributed by atoms with Crippen molar-refractivity contribution in [2.24, 2.45) is 7.05 Å². The first-order chi connectivity index (χ1) is 9.78. The summed E-state index contributed by atoms with van der Waals surface area (Å²) in [5, 5.41) is 7.92. The molecule has 0 amide bonds. The number of benzene rings is 1. The van der Waals surface area contributed by atoms with Crippen LogP contribution in [0.2, 0.25) is 0 Å². The second-order valence-electron chi connectivity index (χ2n) is 5.36. The third-order valence-corrected chi connectivity index (χ3v) is 4.04. The topological polar surface area (TPSA) is 39.1 Å². The van der Waals surface area contributed by atoms with Crippen molar-refractivity contribution < 1.29 is 4.74 Å². The summed E-state index contributed by atoms with van der Waals surface area (Å²) in [4.78, 5) is 0. The molecule has 0 saturated heterocycles. The standard InChI is InChI=1S/C16H21N3O/c1-17-15(14-7-9-19(2)18-14)11-12-8-10-20-16-6-4-3-5-13(12)16/h3-7,9,12,15,17H,8,10-11H2,1-2H3. The van der Waals surface area contributed by atoms with Gasteiger partial charge < -0.3 is 10.1 Å². The van der Waals surface area contributed by atoms with Crippen molar-refractivity contribution in [1.29, 1.82) is 0 Å². The van der Waals surface area contributed by atoms with Crippen LogP contribution < -0.4 is 10.1 Å². The number of hydrogen-bond acceptors (Lipinski definition) is 3. The molecular weight excluding hydrogens is 250 g/mol. The van der Waals surface area contributed by atoms with Gasteiger partial charge in [0.05, 0.1) is 18.3 Å². The van der Waals surface area contributed by atoms with Gasteiger partial charge in [0.1, 0.15) is 5.75 Å². The molecule has 1 aromatic carbocycles. The Morgan fingerprint density at radius 3 is 3.00 bits per heavy atom. The van der Waals surface area contributed by atoms with E-state index in [4.69, 9.17) is 4.74 Å². The van der Waals surface area contributed by atoms with Crippen LogP contribution >= 0.6 is 0 Å². The zero-order valence-corrected chi connectivity index (χ0v) is 12.0. The predicted molar refractivity (Wildman–Crippen MR) is 78.9 cm³/mol. The van der Waals surface area contributed by atoms with Crippen LogP contribution in [0.25, 0.3) is 0 Å². The van der Waals surface area contributed by atoms with Crippen LogP contribution in [-0.4, -0.2) is 23.4 Å². The third kappa shape index (κ3) is 2.56. The van der Waals surface area contributed by atoms with Gasteiger partial charge in [-0.05, 0) is 43.5 Å². The van der Waals surface area contributed by atoms with Crippen LogP contribution in [0.5, 0.6) is 5.75 Å². The maximum Gasteiger partial charge on any atom is 0.122 e. The quantitative estimate of drug-likeness (QED) is 0.929. The molecule has 20 heavy (non-hydrogen) atoms. The minimum atomic E-state index is 0.285. The molecule has 2 unspecified atom stereocenters. The fraction of sp³-hybridized carbons (Fsp3) is 0.438. The first kappa shape index (κ1) is 13.2. The first-order valence-corrected chi connectivity index (χ1v) is 7.16. The average Bonchev–Trinajstić information content (AvgIpc) is 2.91. The largest absolute Gasteiger partial charge is 0.493 e. The molecule has 0 fully saturated rings. The van der Waals surface area contributed by atoms with Crippen molar-refractivity contribution in [3.8, 4) is 5.75 Å². The van der Waals surface area contributed by atoms with E-state index < -0.39 is 0 Å². The lowest BCUT2D eigenvalue weighted by Crippen LogP contribution is -2.23. The molecule has 106 valence electrons. The molecule has 2 aromatic rings. The fourth-order valence-electron chi connectivity index (χ4n) is 2.95. The van der Waals surface area contributed by atoms with E-state index in [0.29, 0.717) is 5.92 Å². The molecule has 0 saturated carbocycles. The van der Waals surface area contributed by atoms with Gasteiger partial charge in [-0.3, -0.25) is 4.68 Å². The van der Waals surface area contributed by atoms with E-state index in [9.17, 15) is 0 Å². The number of nitrogens with one attached hydrogen (secondary N) is 1. The van der Waals surface area contributed by atoms with Crippen molar-refractivity contribution in [3.05, 3.63) is 47.8 Å². The number of para-hydroxylation sites is 1. The summed E-state index contributed by atoms with van der Waals surface area (Å²) in [5.74, 6) is 1.57. The molecule has 2 heterocycles. The van der Waals surface area contributed by atoms with Crippen molar-refractivity contribution in [2.75, 3.05) is 13.7 Å². The molecular formula is C16H21N3O. The molecule has 1 N–H and O–H groups in total. The summed E-state index contributed by atoms with van der Waals surface area (Å²) < 4.78 is 7.60. The Bertz CT molecular complexity index is 579. The SMILES string of the molecule is CNC(CC1CCOc2ccccc21)c1ccn(C)n1. The minimum absolute atomic E-state index is 0.285. The van der Waals surface area contributed by atoms with Gasteiger partial charge in [-0.15, -0.1) is 0 Å². The summed E-state index contributed by atoms with van der Waals surface area (Å²) in [7, 11) is 3.96. The van der Waals surface area contributed by atoms with E-state index in [1.54, 1.807) is 0 Å². The molecule has 3 rings (SSSR count). The molecule has 0 bridgehead atoms. The van der Waals surface area contributed by atoms with E-state index >= 15 is 0 Å². The van der Waals surface area contributed by atoms with E-state index in [-0.39, 0.29) is 6.04 Å². The molecule has 0 spiro atoms. The van der Waals surface area contributed by atoms with E-state index in [2.05, 4.69) is 34.7 Å².